The summed E-state index contributed by atoms with van der Waals surface area (Å²) in [6, 6.07) is 3.99. The smallest absolute Gasteiger partial charge is 0.305 e. The molecule has 0 saturated carbocycles. The number of benzene rings is 1. The van der Waals surface area contributed by atoms with Crippen molar-refractivity contribution in [2.24, 2.45) is 5.73 Å². The first kappa shape index (κ1) is 16.5. The van der Waals surface area contributed by atoms with Crippen LogP contribution in [0.25, 0.3) is 0 Å². The third-order valence-corrected chi connectivity index (χ3v) is 3.67. The Bertz CT molecular complexity index is 415. The van der Waals surface area contributed by atoms with E-state index in [1.165, 1.54) is 7.11 Å². The van der Waals surface area contributed by atoms with Crippen LogP contribution < -0.4 is 10.5 Å². The largest absolute Gasteiger partial charge is 0.491 e. The summed E-state index contributed by atoms with van der Waals surface area (Å²) < 4.78 is 12.0. The predicted molar refractivity (Wildman–Crippen MR) is 81.3 cm³/mol. The highest BCUT2D eigenvalue weighted by Crippen LogP contribution is 2.35. The SMILES string of the molecule is COC(=O)CCCOc1c(Br)cc(CCN)cc1Br. The van der Waals surface area contributed by atoms with E-state index in [9.17, 15) is 4.79 Å². The molecule has 1 aromatic rings. The number of ether oxygens (including phenoxy) is 2. The number of rotatable bonds is 7. The summed E-state index contributed by atoms with van der Waals surface area (Å²) in [4.78, 5) is 11.0. The molecule has 0 unspecified atom stereocenters. The Morgan fingerprint density at radius 1 is 1.32 bits per heavy atom. The molecule has 0 aliphatic carbocycles. The highest BCUT2D eigenvalue weighted by Gasteiger charge is 2.09. The fourth-order valence-electron chi connectivity index (χ4n) is 1.55. The molecule has 1 aromatic carbocycles. The highest BCUT2D eigenvalue weighted by atomic mass is 79.9. The average Bonchev–Trinajstić information content (AvgIpc) is 2.37. The highest BCUT2D eigenvalue weighted by molar-refractivity contribution is 9.11. The third-order valence-electron chi connectivity index (χ3n) is 2.49. The molecule has 0 aliphatic rings. The van der Waals surface area contributed by atoms with Gasteiger partial charge in [0.1, 0.15) is 5.75 Å². The summed E-state index contributed by atoms with van der Waals surface area (Å²) in [6.45, 7) is 1.07. The zero-order chi connectivity index (χ0) is 14.3. The zero-order valence-electron chi connectivity index (χ0n) is 10.7. The summed E-state index contributed by atoms with van der Waals surface area (Å²) in [7, 11) is 1.38. The normalized spacial score (nSPS) is 10.3. The zero-order valence-corrected chi connectivity index (χ0v) is 13.9. The van der Waals surface area contributed by atoms with Crippen LogP contribution in [0.15, 0.2) is 21.1 Å². The maximum atomic E-state index is 11.0. The number of esters is 1. The van der Waals surface area contributed by atoms with Crippen LogP contribution >= 0.6 is 31.9 Å². The molecule has 0 radical (unpaired) electrons. The molecular weight excluding hydrogens is 378 g/mol. The van der Waals surface area contributed by atoms with Gasteiger partial charge in [0.15, 0.2) is 0 Å². The van der Waals surface area contributed by atoms with E-state index in [1.807, 2.05) is 12.1 Å². The van der Waals surface area contributed by atoms with E-state index in [0.717, 1.165) is 26.7 Å². The molecule has 106 valence electrons. The van der Waals surface area contributed by atoms with Crippen LogP contribution in [0.1, 0.15) is 18.4 Å². The Labute approximate surface area is 129 Å². The van der Waals surface area contributed by atoms with Gasteiger partial charge in [0.25, 0.3) is 0 Å². The molecule has 0 heterocycles. The number of halogens is 2. The van der Waals surface area contributed by atoms with Crippen LogP contribution in [0, 0.1) is 0 Å². The van der Waals surface area contributed by atoms with Crippen molar-refractivity contribution in [2.45, 2.75) is 19.3 Å². The number of carbonyl (C=O) groups excluding carboxylic acids is 1. The minimum atomic E-state index is -0.222. The van der Waals surface area contributed by atoms with Crippen LogP contribution in [-0.2, 0) is 16.0 Å². The maximum Gasteiger partial charge on any atom is 0.305 e. The lowest BCUT2D eigenvalue weighted by Gasteiger charge is -2.12. The van der Waals surface area contributed by atoms with Crippen LogP contribution in [0.4, 0.5) is 0 Å². The van der Waals surface area contributed by atoms with Crippen LogP contribution in [-0.4, -0.2) is 26.2 Å². The van der Waals surface area contributed by atoms with Crippen LogP contribution in [0.5, 0.6) is 5.75 Å². The maximum absolute atomic E-state index is 11.0. The Kier molecular flexibility index (Phi) is 7.41. The molecule has 0 bridgehead atoms. The van der Waals surface area contributed by atoms with Gasteiger partial charge in [0.2, 0.25) is 0 Å². The second kappa shape index (κ2) is 8.55. The van der Waals surface area contributed by atoms with E-state index in [4.69, 9.17) is 10.5 Å². The number of nitrogens with two attached hydrogens (primary N) is 1. The average molecular weight is 395 g/mol. The topological polar surface area (TPSA) is 61.5 Å². The lowest BCUT2D eigenvalue weighted by Crippen LogP contribution is -2.06. The number of hydrogen-bond acceptors (Lipinski definition) is 4. The van der Waals surface area contributed by atoms with E-state index in [0.29, 0.717) is 26.0 Å². The molecule has 0 amide bonds. The van der Waals surface area contributed by atoms with E-state index in [2.05, 4.69) is 36.6 Å². The van der Waals surface area contributed by atoms with Gasteiger partial charge in [-0.15, -0.1) is 0 Å². The second-order valence-corrected chi connectivity index (χ2v) is 5.66. The van der Waals surface area contributed by atoms with Gasteiger partial charge in [-0.3, -0.25) is 4.79 Å². The molecule has 0 atom stereocenters. The fourth-order valence-corrected chi connectivity index (χ4v) is 3.06. The van der Waals surface area contributed by atoms with Crippen molar-refractivity contribution < 1.29 is 14.3 Å². The molecule has 0 aliphatic heterocycles. The first-order chi connectivity index (χ1) is 9.08. The Hall–Kier alpha value is -0.590. The summed E-state index contributed by atoms with van der Waals surface area (Å²) >= 11 is 6.95. The van der Waals surface area contributed by atoms with E-state index >= 15 is 0 Å². The summed E-state index contributed by atoms with van der Waals surface area (Å²) in [5.41, 5.74) is 6.67. The predicted octanol–water partition coefficient (Wildman–Crippen LogP) is 3.04. The van der Waals surface area contributed by atoms with Gasteiger partial charge >= 0.3 is 5.97 Å². The van der Waals surface area contributed by atoms with Crippen LogP contribution in [0.3, 0.4) is 0 Å². The molecule has 0 aromatic heterocycles. The summed E-state index contributed by atoms with van der Waals surface area (Å²) in [5.74, 6) is 0.519. The quantitative estimate of drug-likeness (QED) is 0.570. The van der Waals surface area contributed by atoms with Crippen molar-refractivity contribution in [3.63, 3.8) is 0 Å². The first-order valence-corrected chi connectivity index (χ1v) is 7.54. The Balaban J connectivity index is 2.56. The van der Waals surface area contributed by atoms with Crippen molar-refractivity contribution in [3.8, 4) is 5.75 Å². The molecule has 4 nitrogen and oxygen atoms in total. The lowest BCUT2D eigenvalue weighted by atomic mass is 10.1. The van der Waals surface area contributed by atoms with Gasteiger partial charge in [-0.05, 0) is 68.9 Å². The molecule has 2 N–H and O–H groups in total. The van der Waals surface area contributed by atoms with E-state index < -0.39 is 0 Å². The standard InChI is InChI=1S/C13H17Br2NO3/c1-18-12(17)3-2-6-19-13-10(14)7-9(4-5-16)8-11(13)15/h7-8H,2-6,16H2,1H3. The van der Waals surface area contributed by atoms with E-state index in [1.54, 1.807) is 0 Å². The molecule has 0 spiro atoms. The van der Waals surface area contributed by atoms with Crippen LogP contribution in [0.2, 0.25) is 0 Å². The van der Waals surface area contributed by atoms with Gasteiger partial charge in [0.05, 0.1) is 22.7 Å². The van der Waals surface area contributed by atoms with Crippen molar-refractivity contribution in [1.29, 1.82) is 0 Å². The first-order valence-electron chi connectivity index (χ1n) is 5.96. The minimum Gasteiger partial charge on any atom is -0.491 e. The van der Waals surface area contributed by atoms with Crippen molar-refractivity contribution >= 4 is 37.8 Å². The molecule has 0 saturated heterocycles. The third kappa shape index (κ3) is 5.50. The minimum absolute atomic E-state index is 0.222. The van der Waals surface area contributed by atoms with Gasteiger partial charge in [-0.2, -0.15) is 0 Å². The van der Waals surface area contributed by atoms with Gasteiger partial charge < -0.3 is 15.2 Å². The van der Waals surface area contributed by atoms with Crippen molar-refractivity contribution in [1.82, 2.24) is 0 Å². The molecule has 6 heteroatoms. The molecular formula is C13H17Br2NO3. The molecule has 0 fully saturated rings. The van der Waals surface area contributed by atoms with Crippen molar-refractivity contribution in [2.75, 3.05) is 20.3 Å². The Morgan fingerprint density at radius 2 is 1.95 bits per heavy atom. The lowest BCUT2D eigenvalue weighted by molar-refractivity contribution is -0.140. The van der Waals surface area contributed by atoms with Gasteiger partial charge in [0, 0.05) is 6.42 Å². The molecule has 19 heavy (non-hydrogen) atoms. The number of hydrogen-bond donors (Lipinski definition) is 1. The van der Waals surface area contributed by atoms with Gasteiger partial charge in [-0.25, -0.2) is 0 Å². The van der Waals surface area contributed by atoms with Gasteiger partial charge in [-0.1, -0.05) is 0 Å². The monoisotopic (exact) mass is 393 g/mol. The summed E-state index contributed by atoms with van der Waals surface area (Å²) in [6.07, 6.45) is 1.80. The summed E-state index contributed by atoms with van der Waals surface area (Å²) in [5, 5.41) is 0. The molecule has 1 rings (SSSR count). The number of carbonyl (C=O) groups is 1. The number of methoxy groups -OCH3 is 1. The fraction of sp³-hybridized carbons (Fsp3) is 0.462. The van der Waals surface area contributed by atoms with E-state index in [-0.39, 0.29) is 5.97 Å². The Morgan fingerprint density at radius 3 is 2.47 bits per heavy atom. The van der Waals surface area contributed by atoms with Crippen molar-refractivity contribution in [3.05, 3.63) is 26.6 Å². The second-order valence-electron chi connectivity index (χ2n) is 3.96.